The highest BCUT2D eigenvalue weighted by molar-refractivity contribution is 7.99. The van der Waals surface area contributed by atoms with Gasteiger partial charge >= 0.3 is 11.9 Å². The van der Waals surface area contributed by atoms with Crippen LogP contribution in [-0.2, 0) is 28.9 Å². The molecule has 1 N–H and O–H groups in total. The van der Waals surface area contributed by atoms with Gasteiger partial charge in [0, 0.05) is 74.5 Å². The molecule has 0 bridgehead atoms. The third kappa shape index (κ3) is 12.1. The first-order valence-corrected chi connectivity index (χ1v) is 14.1. The minimum Gasteiger partial charge on any atom is -0.349 e. The van der Waals surface area contributed by atoms with Crippen molar-refractivity contribution >= 4 is 58.4 Å². The molecule has 1 amide bonds. The summed E-state index contributed by atoms with van der Waals surface area (Å²) in [5.74, 6) is -2.61. The van der Waals surface area contributed by atoms with Crippen LogP contribution in [0.1, 0.15) is 60.2 Å². The predicted octanol–water partition coefficient (Wildman–Crippen LogP) is 3.48. The fraction of sp³-hybridized carbons (Fsp3) is 0.333. The summed E-state index contributed by atoms with van der Waals surface area (Å²) in [5, 5.41) is 10.1. The van der Waals surface area contributed by atoms with Crippen LogP contribution in [0.2, 0.25) is 0 Å². The molecule has 0 heterocycles. The van der Waals surface area contributed by atoms with E-state index in [2.05, 4.69) is 25.3 Å². The van der Waals surface area contributed by atoms with E-state index < -0.39 is 23.5 Å². The smallest absolute Gasteiger partial charge is 0.331 e. The van der Waals surface area contributed by atoms with Gasteiger partial charge < -0.3 is 19.9 Å². The van der Waals surface area contributed by atoms with Crippen molar-refractivity contribution < 1.29 is 38.4 Å². The SMILES string of the molecule is CNCC(=O)CCC(=NOC(C)=O)C(=O)c1ccc(Sc2ccc(C(=O)C(CCC(=O)N(C)C)=NOC(C)=O)cc2)cc1. The van der Waals surface area contributed by atoms with Crippen molar-refractivity contribution in [1.29, 1.82) is 0 Å². The highest BCUT2D eigenvalue weighted by atomic mass is 32.2. The monoisotopic (exact) mass is 610 g/mol. The second-order valence-electron chi connectivity index (χ2n) is 9.41. The molecular formula is C30H34N4O8S. The fourth-order valence-electron chi connectivity index (χ4n) is 3.45. The Hall–Kier alpha value is -4.49. The van der Waals surface area contributed by atoms with Gasteiger partial charge in [0.05, 0.1) is 6.54 Å². The van der Waals surface area contributed by atoms with E-state index in [1.165, 1.54) is 16.7 Å². The van der Waals surface area contributed by atoms with Gasteiger partial charge in [-0.2, -0.15) is 0 Å². The van der Waals surface area contributed by atoms with Crippen molar-refractivity contribution in [2.24, 2.45) is 10.3 Å². The average molecular weight is 611 g/mol. The fourth-order valence-corrected chi connectivity index (χ4v) is 4.27. The summed E-state index contributed by atoms with van der Waals surface area (Å²) in [6.45, 7) is 2.47. The normalized spacial score (nSPS) is 11.5. The maximum Gasteiger partial charge on any atom is 0.331 e. The molecule has 2 aromatic rings. The Balaban J connectivity index is 2.12. The zero-order valence-electron chi connectivity index (χ0n) is 24.7. The number of hydrogen-bond donors (Lipinski definition) is 1. The number of oxime groups is 2. The van der Waals surface area contributed by atoms with E-state index in [0.29, 0.717) is 11.1 Å². The predicted molar refractivity (Wildman–Crippen MR) is 160 cm³/mol. The molecule has 228 valence electrons. The topological polar surface area (TPSA) is 161 Å². The lowest BCUT2D eigenvalue weighted by Gasteiger charge is -2.10. The van der Waals surface area contributed by atoms with Gasteiger partial charge in [0.1, 0.15) is 17.2 Å². The summed E-state index contributed by atoms with van der Waals surface area (Å²) in [4.78, 5) is 84.7. The van der Waals surface area contributed by atoms with E-state index in [1.54, 1.807) is 69.7 Å². The largest absolute Gasteiger partial charge is 0.349 e. The summed E-state index contributed by atoms with van der Waals surface area (Å²) in [7, 11) is 4.84. The Morgan fingerprint density at radius 1 is 0.698 bits per heavy atom. The molecule has 0 saturated carbocycles. The molecular weight excluding hydrogens is 576 g/mol. The van der Waals surface area contributed by atoms with E-state index in [-0.39, 0.29) is 55.3 Å². The van der Waals surface area contributed by atoms with Crippen LogP contribution in [0.3, 0.4) is 0 Å². The average Bonchev–Trinajstić information content (AvgIpc) is 2.97. The molecule has 0 unspecified atom stereocenters. The molecule has 13 heteroatoms. The lowest BCUT2D eigenvalue weighted by Crippen LogP contribution is -2.24. The Bertz CT molecular complexity index is 1400. The number of likely N-dealkylation sites (N-methyl/N-ethyl adjacent to an activating group) is 1. The van der Waals surface area contributed by atoms with Crippen molar-refractivity contribution in [2.45, 2.75) is 49.3 Å². The second kappa shape index (κ2) is 17.5. The molecule has 43 heavy (non-hydrogen) atoms. The van der Waals surface area contributed by atoms with Crippen LogP contribution in [0, 0.1) is 0 Å². The molecule has 0 aliphatic carbocycles. The number of nitrogens with zero attached hydrogens (tertiary/aromatic N) is 3. The zero-order valence-corrected chi connectivity index (χ0v) is 25.5. The first-order chi connectivity index (χ1) is 20.4. The summed E-state index contributed by atoms with van der Waals surface area (Å²) in [6, 6.07) is 13.4. The number of nitrogens with one attached hydrogen (secondary N) is 1. The van der Waals surface area contributed by atoms with Gasteiger partial charge in [-0.15, -0.1) is 0 Å². The summed E-state index contributed by atoms with van der Waals surface area (Å²) < 4.78 is 0. The minimum atomic E-state index is -0.684. The number of rotatable bonds is 16. The first kappa shape index (κ1) is 34.7. The van der Waals surface area contributed by atoms with Crippen LogP contribution >= 0.6 is 11.8 Å². The third-order valence-electron chi connectivity index (χ3n) is 5.65. The van der Waals surface area contributed by atoms with Crippen molar-refractivity contribution in [3.05, 3.63) is 59.7 Å². The maximum atomic E-state index is 13.0. The van der Waals surface area contributed by atoms with Gasteiger partial charge in [0.25, 0.3) is 0 Å². The summed E-state index contributed by atoms with van der Waals surface area (Å²) in [5.41, 5.74) is 0.531. The Morgan fingerprint density at radius 2 is 1.12 bits per heavy atom. The summed E-state index contributed by atoms with van der Waals surface area (Å²) >= 11 is 1.39. The van der Waals surface area contributed by atoms with E-state index >= 15 is 0 Å². The number of benzene rings is 2. The number of carbonyl (C=O) groups is 6. The van der Waals surface area contributed by atoms with Crippen LogP contribution < -0.4 is 5.32 Å². The molecule has 0 radical (unpaired) electrons. The molecule has 0 atom stereocenters. The van der Waals surface area contributed by atoms with Crippen LogP contribution in [0.25, 0.3) is 0 Å². The third-order valence-corrected chi connectivity index (χ3v) is 6.67. The lowest BCUT2D eigenvalue weighted by atomic mass is 10.0. The van der Waals surface area contributed by atoms with E-state index in [9.17, 15) is 28.8 Å². The quantitative estimate of drug-likeness (QED) is 0.129. The van der Waals surface area contributed by atoms with E-state index in [4.69, 9.17) is 0 Å². The van der Waals surface area contributed by atoms with Crippen LogP contribution in [0.4, 0.5) is 0 Å². The molecule has 2 rings (SSSR count). The molecule has 0 aromatic heterocycles. The second-order valence-corrected chi connectivity index (χ2v) is 10.6. The first-order valence-electron chi connectivity index (χ1n) is 13.2. The number of amides is 1. The number of Topliss-reactive ketones (excluding diaryl/α,β-unsaturated/α-hetero) is 3. The van der Waals surface area contributed by atoms with Crippen molar-refractivity contribution in [2.75, 3.05) is 27.7 Å². The lowest BCUT2D eigenvalue weighted by molar-refractivity contribution is -0.141. The van der Waals surface area contributed by atoms with Crippen LogP contribution in [0.5, 0.6) is 0 Å². The van der Waals surface area contributed by atoms with Gasteiger partial charge in [-0.1, -0.05) is 22.1 Å². The molecule has 0 spiro atoms. The molecule has 2 aromatic carbocycles. The zero-order chi connectivity index (χ0) is 31.9. The Labute approximate surface area is 253 Å². The van der Waals surface area contributed by atoms with Gasteiger partial charge in [0.2, 0.25) is 17.5 Å². The Morgan fingerprint density at radius 3 is 1.49 bits per heavy atom. The Kier molecular flexibility index (Phi) is 14.1. The summed E-state index contributed by atoms with van der Waals surface area (Å²) in [6.07, 6.45) is 0.110. The number of ketones is 3. The molecule has 0 fully saturated rings. The van der Waals surface area contributed by atoms with Crippen LogP contribution in [-0.4, -0.2) is 79.2 Å². The standard InChI is InChI=1S/C30H34N4O8S/c1-19(35)41-32-26(15-10-23(37)18-31-3)29(39)21-6-11-24(12-7-21)43-25-13-8-22(9-14-25)30(40)27(33-42-20(2)36)16-17-28(38)34(4)5/h6-9,11-14,31H,10,15-18H2,1-5H3. The number of carbonyl (C=O) groups excluding carboxylic acids is 6. The van der Waals surface area contributed by atoms with Crippen molar-refractivity contribution in [3.8, 4) is 0 Å². The maximum absolute atomic E-state index is 13.0. The highest BCUT2D eigenvalue weighted by Crippen LogP contribution is 2.28. The van der Waals surface area contributed by atoms with Gasteiger partial charge in [-0.3, -0.25) is 19.2 Å². The molecule has 0 aliphatic rings. The van der Waals surface area contributed by atoms with Crippen molar-refractivity contribution in [1.82, 2.24) is 10.2 Å². The molecule has 12 nitrogen and oxygen atoms in total. The van der Waals surface area contributed by atoms with E-state index in [1.807, 2.05) is 0 Å². The minimum absolute atomic E-state index is 0.00422. The molecule has 0 saturated heterocycles. The van der Waals surface area contributed by atoms with Gasteiger partial charge in [-0.25, -0.2) is 9.59 Å². The van der Waals surface area contributed by atoms with Crippen molar-refractivity contribution in [3.63, 3.8) is 0 Å². The van der Waals surface area contributed by atoms with Gasteiger partial charge in [0.15, 0.2) is 0 Å². The van der Waals surface area contributed by atoms with Gasteiger partial charge in [-0.05, 0) is 55.6 Å². The molecule has 0 aliphatic heterocycles. The van der Waals surface area contributed by atoms with E-state index in [0.717, 1.165) is 23.6 Å². The highest BCUT2D eigenvalue weighted by Gasteiger charge is 2.19. The number of hydrogen-bond acceptors (Lipinski definition) is 12. The van der Waals surface area contributed by atoms with Crippen LogP contribution in [0.15, 0.2) is 68.6 Å².